The zero-order chi connectivity index (χ0) is 18.1. The lowest BCUT2D eigenvalue weighted by Crippen LogP contribution is -2.31. The van der Waals surface area contributed by atoms with Crippen LogP contribution in [0.5, 0.6) is 0 Å². The summed E-state index contributed by atoms with van der Waals surface area (Å²) in [6, 6.07) is 3.65. The van der Waals surface area contributed by atoms with Crippen molar-refractivity contribution in [1.82, 2.24) is 20.0 Å². The van der Waals surface area contributed by atoms with Crippen LogP contribution in [0.25, 0.3) is 11.4 Å². The second-order valence-corrected chi connectivity index (χ2v) is 9.20. The Morgan fingerprint density at radius 1 is 1.35 bits per heavy atom. The predicted molar refractivity (Wildman–Crippen MR) is 92.7 cm³/mol. The molecule has 8 nitrogen and oxygen atoms in total. The van der Waals surface area contributed by atoms with Gasteiger partial charge in [-0.1, -0.05) is 5.16 Å². The van der Waals surface area contributed by atoms with Gasteiger partial charge in [-0.2, -0.15) is 4.98 Å². The molecule has 0 saturated carbocycles. The number of aryl methyl sites for hydroxylation is 1. The van der Waals surface area contributed by atoms with Crippen LogP contribution < -0.4 is 0 Å². The third-order valence-electron chi connectivity index (χ3n) is 5.14. The van der Waals surface area contributed by atoms with Crippen LogP contribution in [0.15, 0.2) is 29.0 Å². The Kier molecular flexibility index (Phi) is 4.47. The predicted octanol–water partition coefficient (Wildman–Crippen LogP) is 1.10. The molecule has 2 atom stereocenters. The zero-order valence-corrected chi connectivity index (χ0v) is 15.1. The molecule has 0 radical (unpaired) electrons. The fourth-order valence-corrected chi connectivity index (χ4v) is 5.86. The number of pyridine rings is 1. The van der Waals surface area contributed by atoms with E-state index in [0.717, 1.165) is 5.56 Å². The van der Waals surface area contributed by atoms with Crippen molar-refractivity contribution in [2.24, 2.45) is 5.92 Å². The molecule has 2 aromatic heterocycles. The normalized spacial score (nSPS) is 23.9. The van der Waals surface area contributed by atoms with E-state index >= 15 is 0 Å². The summed E-state index contributed by atoms with van der Waals surface area (Å²) in [7, 11) is -3.01. The van der Waals surface area contributed by atoms with Gasteiger partial charge in [-0.15, -0.1) is 0 Å². The first kappa shape index (κ1) is 17.1. The Morgan fingerprint density at radius 3 is 3.00 bits per heavy atom. The highest BCUT2D eigenvalue weighted by Gasteiger charge is 2.47. The Morgan fingerprint density at radius 2 is 2.23 bits per heavy atom. The molecule has 0 spiro atoms. The highest BCUT2D eigenvalue weighted by Crippen LogP contribution is 2.33. The van der Waals surface area contributed by atoms with Gasteiger partial charge in [0, 0.05) is 43.9 Å². The quantitative estimate of drug-likeness (QED) is 0.769. The van der Waals surface area contributed by atoms with Crippen LogP contribution >= 0.6 is 0 Å². The third-order valence-corrected chi connectivity index (χ3v) is 7.40. The van der Waals surface area contributed by atoms with Crippen LogP contribution in [0.4, 0.5) is 0 Å². The molecule has 4 heterocycles. The van der Waals surface area contributed by atoms with Gasteiger partial charge in [-0.05, 0) is 30.9 Å². The standard InChI is InChI=1S/C17H20N4O4S/c22-16(21-10-13-6-8-26(23,24)14(13)11-21)5-1-4-15-19-17(20-25-15)12-3-2-7-18-9-12/h2-3,7,9,13-14H,1,4-6,8,10-11H2/t13-,14+/m0/s1. The first-order valence-corrected chi connectivity index (χ1v) is 10.5. The molecule has 26 heavy (non-hydrogen) atoms. The fourth-order valence-electron chi connectivity index (χ4n) is 3.71. The van der Waals surface area contributed by atoms with Crippen LogP contribution in [0, 0.1) is 5.92 Å². The van der Waals surface area contributed by atoms with Gasteiger partial charge in [0.2, 0.25) is 17.6 Å². The summed E-state index contributed by atoms with van der Waals surface area (Å²) in [6.45, 7) is 0.909. The molecule has 2 aliphatic rings. The van der Waals surface area contributed by atoms with E-state index in [1.165, 1.54) is 0 Å². The maximum Gasteiger partial charge on any atom is 0.226 e. The summed E-state index contributed by atoms with van der Waals surface area (Å²) < 4.78 is 29.1. The summed E-state index contributed by atoms with van der Waals surface area (Å²) in [4.78, 5) is 22.4. The van der Waals surface area contributed by atoms with Crippen molar-refractivity contribution < 1.29 is 17.7 Å². The Balaban J connectivity index is 1.28. The van der Waals surface area contributed by atoms with Gasteiger partial charge in [-0.25, -0.2) is 8.42 Å². The van der Waals surface area contributed by atoms with E-state index in [9.17, 15) is 13.2 Å². The number of carbonyl (C=O) groups is 1. The van der Waals surface area contributed by atoms with Crippen molar-refractivity contribution in [2.75, 3.05) is 18.8 Å². The summed E-state index contributed by atoms with van der Waals surface area (Å²) in [6.07, 6.45) is 5.47. The van der Waals surface area contributed by atoms with E-state index in [-0.39, 0.29) is 22.8 Å². The lowest BCUT2D eigenvalue weighted by molar-refractivity contribution is -0.130. The first-order valence-electron chi connectivity index (χ1n) is 8.75. The molecule has 0 unspecified atom stereocenters. The van der Waals surface area contributed by atoms with Crippen LogP contribution in [0.2, 0.25) is 0 Å². The van der Waals surface area contributed by atoms with Crippen LogP contribution in [0.1, 0.15) is 25.2 Å². The summed E-state index contributed by atoms with van der Waals surface area (Å²) in [5, 5.41) is 3.57. The van der Waals surface area contributed by atoms with Crippen molar-refractivity contribution in [3.05, 3.63) is 30.4 Å². The van der Waals surface area contributed by atoms with Crippen molar-refractivity contribution in [2.45, 2.75) is 30.9 Å². The van der Waals surface area contributed by atoms with Gasteiger partial charge in [0.05, 0.1) is 11.0 Å². The molecule has 0 bridgehead atoms. The van der Waals surface area contributed by atoms with Gasteiger partial charge in [0.15, 0.2) is 9.84 Å². The van der Waals surface area contributed by atoms with E-state index in [1.54, 1.807) is 23.4 Å². The van der Waals surface area contributed by atoms with E-state index < -0.39 is 9.84 Å². The van der Waals surface area contributed by atoms with E-state index in [4.69, 9.17) is 4.52 Å². The number of amides is 1. The second kappa shape index (κ2) is 6.79. The Labute approximate surface area is 151 Å². The zero-order valence-electron chi connectivity index (χ0n) is 14.2. The Hall–Kier alpha value is -2.29. The lowest BCUT2D eigenvalue weighted by Gasteiger charge is -2.16. The Bertz CT molecular complexity index is 896. The third kappa shape index (κ3) is 3.35. The number of aromatic nitrogens is 3. The SMILES string of the molecule is O=C(CCCc1nc(-c2cccnc2)no1)N1C[C@@H]2CCS(=O)(=O)[C@@H]2C1. The molecule has 2 saturated heterocycles. The summed E-state index contributed by atoms with van der Waals surface area (Å²) in [5.41, 5.74) is 0.781. The first-order chi connectivity index (χ1) is 12.5. The van der Waals surface area contributed by atoms with Gasteiger partial charge in [0.1, 0.15) is 0 Å². The molecule has 4 rings (SSSR count). The van der Waals surface area contributed by atoms with Crippen LogP contribution in [0.3, 0.4) is 0 Å². The number of rotatable bonds is 5. The van der Waals surface area contributed by atoms with Gasteiger partial charge >= 0.3 is 0 Å². The van der Waals surface area contributed by atoms with E-state index in [0.29, 0.717) is 50.5 Å². The minimum Gasteiger partial charge on any atom is -0.341 e. The van der Waals surface area contributed by atoms with Crippen LogP contribution in [-0.2, 0) is 21.1 Å². The number of nitrogens with zero attached hydrogens (tertiary/aromatic N) is 4. The molecule has 0 aliphatic carbocycles. The van der Waals surface area contributed by atoms with Crippen molar-refractivity contribution in [1.29, 1.82) is 0 Å². The average molecular weight is 376 g/mol. The van der Waals surface area contributed by atoms with Crippen molar-refractivity contribution >= 4 is 15.7 Å². The van der Waals surface area contributed by atoms with E-state index in [1.807, 2.05) is 6.07 Å². The van der Waals surface area contributed by atoms with Crippen molar-refractivity contribution in [3.8, 4) is 11.4 Å². The monoisotopic (exact) mass is 376 g/mol. The highest BCUT2D eigenvalue weighted by atomic mass is 32.2. The summed E-state index contributed by atoms with van der Waals surface area (Å²) >= 11 is 0. The highest BCUT2D eigenvalue weighted by molar-refractivity contribution is 7.92. The molecule has 0 N–H and O–H groups in total. The molecule has 1 amide bonds. The minimum atomic E-state index is -3.01. The average Bonchev–Trinajstić information content (AvgIpc) is 3.33. The summed E-state index contributed by atoms with van der Waals surface area (Å²) in [5.74, 6) is 1.35. The minimum absolute atomic E-state index is 0.00148. The van der Waals surface area contributed by atoms with E-state index in [2.05, 4.69) is 15.1 Å². The smallest absolute Gasteiger partial charge is 0.226 e. The molecule has 2 aromatic rings. The number of fused-ring (bicyclic) bond motifs is 1. The maximum absolute atomic E-state index is 12.4. The molecule has 138 valence electrons. The van der Waals surface area contributed by atoms with Crippen LogP contribution in [-0.4, -0.2) is 58.4 Å². The number of carbonyl (C=O) groups excluding carboxylic acids is 1. The van der Waals surface area contributed by atoms with Gasteiger partial charge in [0.25, 0.3) is 0 Å². The number of hydrogen-bond acceptors (Lipinski definition) is 7. The lowest BCUT2D eigenvalue weighted by atomic mass is 10.1. The maximum atomic E-state index is 12.4. The number of sulfone groups is 1. The fraction of sp³-hybridized carbons (Fsp3) is 0.529. The number of likely N-dealkylation sites (tertiary alicyclic amines) is 1. The molecule has 2 aliphatic heterocycles. The molecular weight excluding hydrogens is 356 g/mol. The van der Waals surface area contributed by atoms with Gasteiger partial charge < -0.3 is 9.42 Å². The van der Waals surface area contributed by atoms with Gasteiger partial charge in [-0.3, -0.25) is 9.78 Å². The molecule has 0 aromatic carbocycles. The second-order valence-electron chi connectivity index (χ2n) is 6.86. The molecule has 9 heteroatoms. The van der Waals surface area contributed by atoms with Crippen molar-refractivity contribution in [3.63, 3.8) is 0 Å². The molecular formula is C17H20N4O4S. The number of hydrogen-bond donors (Lipinski definition) is 0. The topological polar surface area (TPSA) is 106 Å². The molecule has 2 fully saturated rings. The largest absolute Gasteiger partial charge is 0.341 e.